The van der Waals surface area contributed by atoms with E-state index in [1.165, 1.54) is 8.87 Å². The highest BCUT2D eigenvalue weighted by Gasteiger charge is 2.19. The number of hydrogen-bond acceptors (Lipinski definition) is 8. The summed E-state index contributed by atoms with van der Waals surface area (Å²) in [6.07, 6.45) is 3.05. The van der Waals surface area contributed by atoms with Crippen LogP contribution in [0.2, 0.25) is 0 Å². The van der Waals surface area contributed by atoms with E-state index in [0.29, 0.717) is 35.3 Å². The Labute approximate surface area is 202 Å². The van der Waals surface area contributed by atoms with Gasteiger partial charge >= 0.3 is 17.7 Å². The molecule has 2 aromatic heterocycles. The number of nitrogen functional groups attached to an aromatic ring is 1. The molecule has 2 heterocycles. The lowest BCUT2D eigenvalue weighted by Crippen LogP contribution is -2.31. The number of nitrogens with two attached hydrogens (primary N) is 1. The fraction of sp³-hybridized carbons (Fsp3) is 0.455. The molecule has 4 N–H and O–H groups in total. The number of aliphatic carboxylic acids is 1. The van der Waals surface area contributed by atoms with Gasteiger partial charge in [-0.25, -0.2) is 13.2 Å². The number of sulfonamides is 1. The number of imidazole rings is 1. The number of nitrogens with zero attached hydrogens (tertiary/aromatic N) is 4. The van der Waals surface area contributed by atoms with Gasteiger partial charge in [-0.3, -0.25) is 9.36 Å². The largest absolute Gasteiger partial charge is 0.481 e. The van der Waals surface area contributed by atoms with Crippen LogP contribution < -0.4 is 16.2 Å². The highest BCUT2D eigenvalue weighted by Crippen LogP contribution is 2.18. The first-order valence-corrected chi connectivity index (χ1v) is 13.1. The Kier molecular flexibility index (Phi) is 8.46. The zero-order valence-corrected chi connectivity index (χ0v) is 20.5. The summed E-state index contributed by atoms with van der Waals surface area (Å²) in [5, 5.41) is 9.00. The molecule has 190 valence electrons. The summed E-state index contributed by atoms with van der Waals surface area (Å²) in [4.78, 5) is 34.5. The van der Waals surface area contributed by atoms with Crippen molar-refractivity contribution in [3.63, 3.8) is 0 Å². The van der Waals surface area contributed by atoms with Crippen molar-refractivity contribution in [3.8, 4) is 6.01 Å². The monoisotopic (exact) mass is 506 g/mol. The summed E-state index contributed by atoms with van der Waals surface area (Å²) in [6.45, 7) is 2.86. The van der Waals surface area contributed by atoms with Crippen molar-refractivity contribution < 1.29 is 23.1 Å². The molecule has 0 saturated carbocycles. The van der Waals surface area contributed by atoms with Crippen LogP contribution >= 0.6 is 0 Å². The number of carboxylic acid groups (broad SMARTS) is 1. The van der Waals surface area contributed by atoms with E-state index >= 15 is 0 Å². The van der Waals surface area contributed by atoms with E-state index in [1.807, 2.05) is 6.92 Å². The molecule has 0 aliphatic rings. The molecule has 0 unspecified atom stereocenters. The normalized spacial score (nSPS) is 11.9. The summed E-state index contributed by atoms with van der Waals surface area (Å²) in [5.41, 5.74) is 7.39. The highest BCUT2D eigenvalue weighted by atomic mass is 32.2. The third kappa shape index (κ3) is 7.02. The smallest absolute Gasteiger partial charge is 0.327 e. The van der Waals surface area contributed by atoms with Crippen molar-refractivity contribution >= 4 is 33.0 Å². The molecule has 0 aliphatic heterocycles. The minimum Gasteiger partial charge on any atom is -0.481 e. The molecular formula is C22H30N6O6S. The number of ether oxygens (including phenoxy) is 1. The Morgan fingerprint density at radius 3 is 2.69 bits per heavy atom. The number of benzene rings is 1. The number of fused-ring (bicyclic) bond motifs is 1. The average molecular weight is 507 g/mol. The van der Waals surface area contributed by atoms with Gasteiger partial charge in [0, 0.05) is 19.6 Å². The lowest BCUT2D eigenvalue weighted by molar-refractivity contribution is -0.136. The third-order valence-electron chi connectivity index (χ3n) is 5.32. The predicted molar refractivity (Wildman–Crippen MR) is 131 cm³/mol. The van der Waals surface area contributed by atoms with Gasteiger partial charge in [-0.15, -0.1) is 0 Å². The molecule has 0 bridgehead atoms. The van der Waals surface area contributed by atoms with Gasteiger partial charge in [0.15, 0.2) is 11.5 Å². The Hall–Kier alpha value is -3.45. The van der Waals surface area contributed by atoms with Gasteiger partial charge in [-0.05, 0) is 24.0 Å². The Balaban J connectivity index is 1.75. The number of nitrogens with one attached hydrogen (secondary N) is 1. The van der Waals surface area contributed by atoms with E-state index in [9.17, 15) is 18.0 Å². The molecule has 0 spiro atoms. The summed E-state index contributed by atoms with van der Waals surface area (Å²) < 4.78 is 33.0. The molecule has 0 fully saturated rings. The number of unbranched alkanes of at least 4 members (excludes halogenated alkanes) is 1. The molecule has 12 nitrogen and oxygen atoms in total. The SMILES string of the molecule is CCCCOc1nc(N)c2[nH]c(=O)n(CCCN(Cc3cccc(CC(=O)O)c3)S(C)(=O)=O)c2n1. The Morgan fingerprint density at radius 1 is 1.26 bits per heavy atom. The second-order valence-electron chi connectivity index (χ2n) is 8.21. The molecule has 35 heavy (non-hydrogen) atoms. The second kappa shape index (κ2) is 11.3. The summed E-state index contributed by atoms with van der Waals surface area (Å²) in [6, 6.07) is 6.88. The van der Waals surface area contributed by atoms with Crippen molar-refractivity contribution in [1.82, 2.24) is 23.8 Å². The first kappa shape index (κ1) is 26.2. The standard InChI is InChI=1S/C22H30N6O6S/c1-3-4-11-34-21-25-19(23)18-20(26-21)28(22(31)24-18)10-6-9-27(35(2,32)33)14-16-8-5-7-15(12-16)13-17(29)30/h5,7-8,12H,3-4,6,9-11,13-14H2,1-2H3,(H,24,31)(H,29,30)(H2,23,25,26). The highest BCUT2D eigenvalue weighted by molar-refractivity contribution is 7.88. The first-order chi connectivity index (χ1) is 16.6. The zero-order valence-electron chi connectivity index (χ0n) is 19.7. The predicted octanol–water partition coefficient (Wildman–Crippen LogP) is 1.36. The number of aryl methyl sites for hydroxylation is 1. The Bertz CT molecular complexity index is 1350. The van der Waals surface area contributed by atoms with Crippen molar-refractivity contribution in [1.29, 1.82) is 0 Å². The van der Waals surface area contributed by atoms with Gasteiger partial charge in [0.25, 0.3) is 0 Å². The fourth-order valence-corrected chi connectivity index (χ4v) is 4.44. The summed E-state index contributed by atoms with van der Waals surface area (Å²) in [5.74, 6) is -0.869. The van der Waals surface area contributed by atoms with Crippen LogP contribution in [0, 0.1) is 0 Å². The van der Waals surface area contributed by atoms with E-state index in [2.05, 4.69) is 15.0 Å². The van der Waals surface area contributed by atoms with Crippen LogP contribution in [0.3, 0.4) is 0 Å². The van der Waals surface area contributed by atoms with Gasteiger partial charge in [-0.1, -0.05) is 37.6 Å². The van der Waals surface area contributed by atoms with Crippen LogP contribution in [0.4, 0.5) is 5.82 Å². The van der Waals surface area contributed by atoms with Gasteiger partial charge in [0.2, 0.25) is 10.0 Å². The van der Waals surface area contributed by atoms with Crippen LogP contribution in [-0.2, 0) is 34.3 Å². The molecule has 1 aromatic carbocycles. The number of carboxylic acids is 1. The number of anilines is 1. The van der Waals surface area contributed by atoms with Crippen molar-refractivity contribution in [2.75, 3.05) is 25.1 Å². The van der Waals surface area contributed by atoms with Crippen LogP contribution in [0.15, 0.2) is 29.1 Å². The second-order valence-corrected chi connectivity index (χ2v) is 10.2. The lowest BCUT2D eigenvalue weighted by Gasteiger charge is -2.20. The number of aromatic amines is 1. The lowest BCUT2D eigenvalue weighted by atomic mass is 10.1. The molecule has 0 aliphatic carbocycles. The van der Waals surface area contributed by atoms with Crippen LogP contribution in [0.1, 0.15) is 37.3 Å². The molecular weight excluding hydrogens is 476 g/mol. The topological polar surface area (TPSA) is 174 Å². The Morgan fingerprint density at radius 2 is 2.00 bits per heavy atom. The molecule has 0 amide bonds. The van der Waals surface area contributed by atoms with E-state index < -0.39 is 21.7 Å². The van der Waals surface area contributed by atoms with Gasteiger partial charge in [0.1, 0.15) is 5.52 Å². The fourth-order valence-electron chi connectivity index (χ4n) is 3.59. The zero-order chi connectivity index (χ0) is 25.6. The maximum atomic E-state index is 12.5. The number of rotatable bonds is 13. The maximum Gasteiger partial charge on any atom is 0.327 e. The van der Waals surface area contributed by atoms with Crippen LogP contribution in [0.5, 0.6) is 6.01 Å². The summed E-state index contributed by atoms with van der Waals surface area (Å²) in [7, 11) is -3.56. The first-order valence-electron chi connectivity index (χ1n) is 11.2. The molecule has 0 radical (unpaired) electrons. The van der Waals surface area contributed by atoms with Crippen molar-refractivity contribution in [2.24, 2.45) is 0 Å². The van der Waals surface area contributed by atoms with E-state index in [1.54, 1.807) is 24.3 Å². The number of hydrogen-bond donors (Lipinski definition) is 3. The molecule has 0 saturated heterocycles. The third-order valence-corrected chi connectivity index (χ3v) is 6.57. The molecule has 0 atom stereocenters. The average Bonchev–Trinajstić information content (AvgIpc) is 3.08. The number of carbonyl (C=O) groups is 1. The maximum absolute atomic E-state index is 12.5. The molecule has 3 rings (SSSR count). The number of H-pyrrole nitrogens is 1. The molecule has 3 aromatic rings. The summed E-state index contributed by atoms with van der Waals surface area (Å²) >= 11 is 0. The van der Waals surface area contributed by atoms with E-state index in [0.717, 1.165) is 19.1 Å². The van der Waals surface area contributed by atoms with Crippen molar-refractivity contribution in [3.05, 3.63) is 45.9 Å². The van der Waals surface area contributed by atoms with Gasteiger partial charge in [0.05, 0.1) is 19.3 Å². The number of aromatic nitrogens is 4. The minimum absolute atomic E-state index is 0.0789. The van der Waals surface area contributed by atoms with Crippen LogP contribution in [-0.4, -0.2) is 62.7 Å². The van der Waals surface area contributed by atoms with E-state index in [4.69, 9.17) is 15.6 Å². The molecule has 13 heteroatoms. The minimum atomic E-state index is -3.56. The van der Waals surface area contributed by atoms with E-state index in [-0.39, 0.29) is 37.9 Å². The quantitative estimate of drug-likeness (QED) is 0.289. The van der Waals surface area contributed by atoms with Gasteiger partial charge < -0.3 is 20.6 Å². The van der Waals surface area contributed by atoms with Crippen molar-refractivity contribution in [2.45, 2.75) is 45.7 Å². The van der Waals surface area contributed by atoms with Crippen LogP contribution in [0.25, 0.3) is 11.2 Å². The van der Waals surface area contributed by atoms with Gasteiger partial charge in [-0.2, -0.15) is 14.3 Å².